The van der Waals surface area contributed by atoms with Crippen molar-refractivity contribution in [1.82, 2.24) is 29.5 Å². The van der Waals surface area contributed by atoms with Crippen LogP contribution in [0.3, 0.4) is 0 Å². The molecular formula is C18H12Br2ClN7O4. The van der Waals surface area contributed by atoms with Crippen molar-refractivity contribution in [3.63, 3.8) is 0 Å². The molecule has 32 heavy (non-hydrogen) atoms. The third-order valence-electron chi connectivity index (χ3n) is 3.79. The fourth-order valence-corrected chi connectivity index (χ4v) is 3.18. The minimum atomic E-state index is -0.596. The van der Waals surface area contributed by atoms with E-state index in [0.717, 1.165) is 4.57 Å². The molecule has 0 aliphatic heterocycles. The van der Waals surface area contributed by atoms with Crippen molar-refractivity contribution >= 4 is 66.4 Å². The van der Waals surface area contributed by atoms with Gasteiger partial charge in [-0.25, -0.2) is 34.1 Å². The molecule has 0 aliphatic carbocycles. The summed E-state index contributed by atoms with van der Waals surface area (Å²) in [5, 5.41) is 0.425. The largest absolute Gasteiger partial charge is 0.464 e. The van der Waals surface area contributed by atoms with Crippen LogP contribution in [-0.2, 0) is 4.74 Å². The zero-order valence-electron chi connectivity index (χ0n) is 16.0. The van der Waals surface area contributed by atoms with E-state index in [1.54, 1.807) is 18.2 Å². The molecule has 11 nitrogen and oxygen atoms in total. The number of nitrogen functional groups attached to an aromatic ring is 1. The molecule has 0 amide bonds. The number of nitrogens with zero attached hydrogens (tertiary/aromatic N) is 5. The Morgan fingerprint density at radius 1 is 1.16 bits per heavy atom. The molecule has 4 rings (SSSR count). The van der Waals surface area contributed by atoms with Crippen molar-refractivity contribution < 1.29 is 9.53 Å². The Balaban J connectivity index is 0.000000207. The van der Waals surface area contributed by atoms with Crippen LogP contribution < -0.4 is 17.0 Å². The van der Waals surface area contributed by atoms with Crippen LogP contribution in [0.4, 0.5) is 5.82 Å². The van der Waals surface area contributed by atoms with Crippen LogP contribution in [0.2, 0.25) is 5.02 Å². The van der Waals surface area contributed by atoms with Gasteiger partial charge in [-0.05, 0) is 50.1 Å². The molecule has 0 atom stereocenters. The summed E-state index contributed by atoms with van der Waals surface area (Å²) in [4.78, 5) is 53.4. The highest BCUT2D eigenvalue weighted by atomic mass is 79.9. The number of nitrogens with one attached hydrogen (secondary N) is 1. The number of esters is 1. The van der Waals surface area contributed by atoms with Crippen LogP contribution in [0.5, 0.6) is 0 Å². The van der Waals surface area contributed by atoms with Gasteiger partial charge in [0.15, 0.2) is 22.7 Å². The van der Waals surface area contributed by atoms with Crippen LogP contribution in [0.25, 0.3) is 16.9 Å². The number of carbonyl (C=O) groups excluding carboxylic acids is 1. The summed E-state index contributed by atoms with van der Waals surface area (Å²) in [5.74, 6) is -0.536. The standard InChI is InChI=1S/C12H6BrClN4O2.C6H6BrN3O2/c13-8-5-15-10-9(16-8)11(19)18(12(20)17-10)7-3-1-2-6(14)4-7;1-12-6(11)4-5(8)9-2-3(7)10-4/h1-5H,(H,15,17,20);2H,1H3,(H2,8,9). The first kappa shape index (κ1) is 23.5. The Hall–Kier alpha value is -3.16. The van der Waals surface area contributed by atoms with E-state index in [4.69, 9.17) is 17.3 Å². The van der Waals surface area contributed by atoms with Gasteiger partial charge in [0, 0.05) is 5.02 Å². The van der Waals surface area contributed by atoms with E-state index in [1.165, 1.54) is 25.6 Å². The van der Waals surface area contributed by atoms with Crippen LogP contribution in [0, 0.1) is 0 Å². The van der Waals surface area contributed by atoms with Crippen molar-refractivity contribution in [2.24, 2.45) is 0 Å². The van der Waals surface area contributed by atoms with E-state index < -0.39 is 17.2 Å². The number of anilines is 1. The zero-order chi connectivity index (χ0) is 23.4. The van der Waals surface area contributed by atoms with Gasteiger partial charge in [-0.2, -0.15) is 0 Å². The van der Waals surface area contributed by atoms with Gasteiger partial charge in [0.05, 0.1) is 25.2 Å². The molecule has 0 radical (unpaired) electrons. The van der Waals surface area contributed by atoms with Gasteiger partial charge >= 0.3 is 11.7 Å². The van der Waals surface area contributed by atoms with Gasteiger partial charge in [0.1, 0.15) is 9.21 Å². The number of carbonyl (C=O) groups is 1. The fraction of sp³-hybridized carbons (Fsp3) is 0.0556. The lowest BCUT2D eigenvalue weighted by Crippen LogP contribution is -2.34. The fourth-order valence-electron chi connectivity index (χ4n) is 2.44. The summed E-state index contributed by atoms with van der Waals surface area (Å²) in [7, 11) is 1.25. The third-order valence-corrected chi connectivity index (χ3v) is 4.79. The molecule has 0 unspecified atom stereocenters. The molecule has 0 aliphatic rings. The Kier molecular flexibility index (Phi) is 7.33. The lowest BCUT2D eigenvalue weighted by atomic mass is 10.3. The summed E-state index contributed by atoms with van der Waals surface area (Å²) >= 11 is 12.1. The van der Waals surface area contributed by atoms with Gasteiger partial charge in [-0.15, -0.1) is 0 Å². The number of hydrogen-bond acceptors (Lipinski definition) is 9. The van der Waals surface area contributed by atoms with Crippen molar-refractivity contribution in [2.45, 2.75) is 0 Å². The molecule has 0 spiro atoms. The minimum absolute atomic E-state index is 0.0203. The SMILES string of the molecule is COC(=O)c1nc(Br)cnc1N.O=c1[nH]c2ncc(Br)nc2c(=O)n1-c1cccc(Cl)c1. The average Bonchev–Trinajstić information content (AvgIpc) is 2.76. The summed E-state index contributed by atoms with van der Waals surface area (Å²) < 4.78 is 6.25. The number of aromatic nitrogens is 6. The monoisotopic (exact) mass is 583 g/mol. The van der Waals surface area contributed by atoms with Gasteiger partial charge in [0.2, 0.25) is 0 Å². The number of ether oxygens (including phenoxy) is 1. The second kappa shape index (κ2) is 9.97. The number of benzene rings is 1. The summed E-state index contributed by atoms with van der Waals surface area (Å²) in [6.45, 7) is 0. The van der Waals surface area contributed by atoms with Crippen molar-refractivity contribution in [2.75, 3.05) is 12.8 Å². The van der Waals surface area contributed by atoms with Gasteiger partial charge in [-0.3, -0.25) is 9.78 Å². The highest BCUT2D eigenvalue weighted by Crippen LogP contribution is 2.13. The molecule has 4 aromatic rings. The predicted octanol–water partition coefficient (Wildman–Crippen LogP) is 2.49. The average molecular weight is 586 g/mol. The Morgan fingerprint density at radius 2 is 1.84 bits per heavy atom. The van der Waals surface area contributed by atoms with E-state index in [1.807, 2.05) is 0 Å². The van der Waals surface area contributed by atoms with Crippen LogP contribution >= 0.6 is 43.5 Å². The Bertz CT molecular complexity index is 1440. The van der Waals surface area contributed by atoms with Crippen LogP contribution in [0.1, 0.15) is 10.5 Å². The minimum Gasteiger partial charge on any atom is -0.464 e. The molecule has 3 heterocycles. The Labute approximate surface area is 200 Å². The molecular weight excluding hydrogens is 574 g/mol. The molecule has 3 aromatic heterocycles. The number of H-pyrrole nitrogens is 1. The number of nitrogens with two attached hydrogens (primary N) is 1. The second-order valence-electron chi connectivity index (χ2n) is 5.86. The van der Waals surface area contributed by atoms with Gasteiger partial charge < -0.3 is 10.5 Å². The van der Waals surface area contributed by atoms with Crippen LogP contribution in [-0.4, -0.2) is 42.6 Å². The molecule has 0 fully saturated rings. The molecule has 1 aromatic carbocycles. The van der Waals surface area contributed by atoms with Crippen molar-refractivity contribution in [3.8, 4) is 5.69 Å². The quantitative estimate of drug-likeness (QED) is 0.337. The maximum absolute atomic E-state index is 12.4. The lowest BCUT2D eigenvalue weighted by molar-refractivity contribution is 0.0594. The maximum atomic E-state index is 12.4. The van der Waals surface area contributed by atoms with Crippen molar-refractivity contribution in [3.05, 3.63) is 77.4 Å². The second-order valence-corrected chi connectivity index (χ2v) is 7.92. The number of methoxy groups -OCH3 is 1. The molecule has 0 saturated heterocycles. The topological polar surface area (TPSA) is 159 Å². The zero-order valence-corrected chi connectivity index (χ0v) is 20.0. The van der Waals surface area contributed by atoms with E-state index in [9.17, 15) is 14.4 Å². The Morgan fingerprint density at radius 3 is 2.53 bits per heavy atom. The first-order chi connectivity index (χ1) is 15.2. The highest BCUT2D eigenvalue weighted by Gasteiger charge is 2.13. The number of rotatable bonds is 2. The third kappa shape index (κ3) is 5.18. The number of hydrogen-bond donors (Lipinski definition) is 2. The van der Waals surface area contributed by atoms with E-state index in [-0.39, 0.29) is 22.7 Å². The summed E-state index contributed by atoms with van der Waals surface area (Å²) in [6, 6.07) is 6.44. The molecule has 14 heteroatoms. The van der Waals surface area contributed by atoms with Crippen LogP contribution in [0.15, 0.2) is 55.5 Å². The maximum Gasteiger partial charge on any atom is 0.360 e. The molecule has 0 saturated carbocycles. The molecule has 0 bridgehead atoms. The predicted molar refractivity (Wildman–Crippen MR) is 124 cm³/mol. The number of fused-ring (bicyclic) bond motifs is 1. The van der Waals surface area contributed by atoms with Crippen molar-refractivity contribution in [1.29, 1.82) is 0 Å². The summed E-state index contributed by atoms with van der Waals surface area (Å²) in [6.07, 6.45) is 2.81. The lowest BCUT2D eigenvalue weighted by Gasteiger charge is -2.05. The molecule has 164 valence electrons. The smallest absolute Gasteiger partial charge is 0.360 e. The highest BCUT2D eigenvalue weighted by molar-refractivity contribution is 9.10. The van der Waals surface area contributed by atoms with Gasteiger partial charge in [-0.1, -0.05) is 17.7 Å². The first-order valence-corrected chi connectivity index (χ1v) is 10.5. The molecule has 3 N–H and O–H groups in total. The summed E-state index contributed by atoms with van der Waals surface area (Å²) in [5.41, 5.74) is 4.82. The first-order valence-electron chi connectivity index (χ1n) is 8.51. The van der Waals surface area contributed by atoms with E-state index in [2.05, 4.69) is 61.5 Å². The van der Waals surface area contributed by atoms with Gasteiger partial charge in [0.25, 0.3) is 5.56 Å². The number of aromatic amines is 1. The van der Waals surface area contributed by atoms with E-state index >= 15 is 0 Å². The van der Waals surface area contributed by atoms with E-state index in [0.29, 0.717) is 19.9 Å². The normalized spacial score (nSPS) is 10.4. The number of halogens is 3.